The Bertz CT molecular complexity index is 2950. The van der Waals surface area contributed by atoms with E-state index in [4.69, 9.17) is 51.6 Å². The van der Waals surface area contributed by atoms with Crippen LogP contribution in [0.15, 0.2) is 73.3 Å². The van der Waals surface area contributed by atoms with Gasteiger partial charge in [-0.15, -0.1) is 0 Å². The van der Waals surface area contributed by atoms with Gasteiger partial charge in [-0.3, -0.25) is 0 Å². The number of likely N-dealkylation sites (tertiary alicyclic amines) is 3. The van der Waals surface area contributed by atoms with Gasteiger partial charge in [-0.2, -0.15) is 0 Å². The Morgan fingerprint density at radius 1 is 0.712 bits per heavy atom. The Kier molecular flexibility index (Phi) is 16.1. The van der Waals surface area contributed by atoms with Crippen LogP contribution < -0.4 is 29.6 Å². The highest BCUT2D eigenvalue weighted by molar-refractivity contribution is 6.31. The molecule has 2 atom stereocenters. The second-order valence-corrected chi connectivity index (χ2v) is 18.9. The zero-order chi connectivity index (χ0) is 51.2. The van der Waals surface area contributed by atoms with Crippen LogP contribution >= 0.6 is 23.2 Å². The number of likely N-dealkylation sites (N-methyl/N-ethyl adjacent to an activating group) is 1. The number of aromatic nitrogens is 4. The van der Waals surface area contributed by atoms with Crippen molar-refractivity contribution in [1.82, 2.24) is 39.5 Å². The number of anilines is 4. The summed E-state index contributed by atoms with van der Waals surface area (Å²) in [5, 5.41) is 7.81. The highest BCUT2D eigenvalue weighted by Gasteiger charge is 2.43. The normalized spacial score (nSPS) is 17.8. The minimum absolute atomic E-state index is 0.0115. The molecule has 18 nitrogen and oxygen atoms in total. The molecule has 0 aliphatic carbocycles. The molecule has 4 aromatic carbocycles. The van der Waals surface area contributed by atoms with Crippen molar-refractivity contribution in [3.05, 3.63) is 95.0 Å². The highest BCUT2D eigenvalue weighted by Crippen LogP contribution is 2.39. The maximum Gasteiger partial charge on any atom is 0.320 e. The van der Waals surface area contributed by atoms with Gasteiger partial charge in [0.2, 0.25) is 0 Å². The van der Waals surface area contributed by atoms with E-state index in [1.165, 1.54) is 36.9 Å². The van der Waals surface area contributed by atoms with Crippen LogP contribution in [0.2, 0.25) is 10.0 Å². The van der Waals surface area contributed by atoms with E-state index in [1.54, 1.807) is 57.5 Å². The fourth-order valence-corrected chi connectivity index (χ4v) is 9.68. The summed E-state index contributed by atoms with van der Waals surface area (Å²) in [7, 11) is 6.55. The molecule has 2 bridgehead atoms. The molecule has 386 valence electrons. The van der Waals surface area contributed by atoms with E-state index in [0.29, 0.717) is 128 Å². The van der Waals surface area contributed by atoms with Gasteiger partial charge in [-0.1, -0.05) is 23.2 Å². The number of benzene rings is 4. The number of amides is 4. The van der Waals surface area contributed by atoms with E-state index in [2.05, 4.69) is 30.6 Å². The van der Waals surface area contributed by atoms with Crippen LogP contribution in [0.3, 0.4) is 0 Å². The second-order valence-electron chi connectivity index (χ2n) is 18.1. The molecule has 6 heterocycles. The van der Waals surface area contributed by atoms with Crippen molar-refractivity contribution in [1.29, 1.82) is 0 Å². The average molecular weight is 1050 g/mol. The van der Waals surface area contributed by atoms with Crippen LogP contribution in [0.4, 0.5) is 41.4 Å². The number of rotatable bonds is 13. The molecule has 2 aromatic heterocycles. The summed E-state index contributed by atoms with van der Waals surface area (Å²) in [5.41, 5.74) is 2.51. The van der Waals surface area contributed by atoms with Crippen LogP contribution in [-0.2, 0) is 9.47 Å². The molecule has 2 N–H and O–H groups in total. The van der Waals surface area contributed by atoms with Crippen molar-refractivity contribution < 1.29 is 46.8 Å². The molecule has 4 aliphatic heterocycles. The van der Waals surface area contributed by atoms with E-state index in [9.17, 15) is 18.4 Å². The number of morpholine rings is 1. The Hall–Kier alpha value is -6.74. The number of methoxy groups -OCH3 is 3. The Morgan fingerprint density at radius 2 is 1.22 bits per heavy atom. The number of nitrogens with zero attached hydrogens (tertiary/aromatic N) is 8. The first-order chi connectivity index (χ1) is 35.4. The third kappa shape index (κ3) is 11.9. The molecule has 4 saturated heterocycles. The molecule has 0 unspecified atom stereocenters. The first-order valence-electron chi connectivity index (χ1n) is 24.0. The third-order valence-electron chi connectivity index (χ3n) is 13.3. The molecule has 4 amide bonds. The first-order valence-corrected chi connectivity index (χ1v) is 24.7. The Balaban J connectivity index is 0.000000180. The monoisotopic (exact) mass is 1040 g/mol. The molecule has 10 rings (SSSR count). The molecule has 0 spiro atoms. The van der Waals surface area contributed by atoms with E-state index >= 15 is 0 Å². The standard InChI is InChI=1S/C26H27ClFN5O4.C25H29ClFN5O4/c1-35-23-11-22-19(25(30-14-29-22)31-15-2-3-21(28)20(27)8-15)10-24(23)37-17-4-6-32(7-5-17)26(34)33-12-18-9-16(33)13-36-18;1-31(10-11-34-2)25(33)32-8-6-17(7-9-32)36-23-13-18-21(14-22(23)35-3)28-15-29-24(18)30-16-4-5-20(27)19(26)12-16/h2-3,8,10-11,14,16-18H,4-7,9,12-13H2,1H3,(H,29,30,31);4-5,12-15,17H,6-11H2,1-3H3,(H,28,29,30)/t16-,18-;/m0./s1. The molecule has 73 heavy (non-hydrogen) atoms. The summed E-state index contributed by atoms with van der Waals surface area (Å²) < 4.78 is 61.7. The summed E-state index contributed by atoms with van der Waals surface area (Å²) in [6, 6.07) is 16.3. The first kappa shape index (κ1) is 51.2. The number of nitrogens with one attached hydrogen (secondary N) is 2. The van der Waals surface area contributed by atoms with Crippen LogP contribution in [0.5, 0.6) is 23.0 Å². The molecule has 0 saturated carbocycles. The van der Waals surface area contributed by atoms with E-state index in [-0.39, 0.29) is 46.5 Å². The fourth-order valence-electron chi connectivity index (χ4n) is 9.32. The summed E-state index contributed by atoms with van der Waals surface area (Å²) in [5.74, 6) is 2.31. The predicted molar refractivity (Wildman–Crippen MR) is 272 cm³/mol. The zero-order valence-electron chi connectivity index (χ0n) is 40.8. The van der Waals surface area contributed by atoms with Crippen molar-refractivity contribution in [3.63, 3.8) is 0 Å². The lowest BCUT2D eigenvalue weighted by atomic mass is 10.1. The quantitative estimate of drug-likeness (QED) is 0.112. The minimum Gasteiger partial charge on any atom is -0.493 e. The smallest absolute Gasteiger partial charge is 0.320 e. The van der Waals surface area contributed by atoms with Gasteiger partial charge in [-0.05, 0) is 55.0 Å². The average Bonchev–Trinajstić information content (AvgIpc) is 4.05. The number of hydrogen-bond donors (Lipinski definition) is 2. The number of piperidine rings is 2. The second kappa shape index (κ2) is 23.0. The van der Waals surface area contributed by atoms with Crippen molar-refractivity contribution in [3.8, 4) is 23.0 Å². The summed E-state index contributed by atoms with van der Waals surface area (Å²) in [4.78, 5) is 50.5. The van der Waals surface area contributed by atoms with Gasteiger partial charge >= 0.3 is 12.1 Å². The van der Waals surface area contributed by atoms with Gasteiger partial charge in [-0.25, -0.2) is 38.3 Å². The van der Waals surface area contributed by atoms with Gasteiger partial charge < -0.3 is 58.7 Å². The summed E-state index contributed by atoms with van der Waals surface area (Å²) >= 11 is 11.9. The number of urea groups is 2. The molecule has 0 radical (unpaired) electrons. The Labute approximate surface area is 430 Å². The van der Waals surface area contributed by atoms with Gasteiger partial charge in [0.15, 0.2) is 23.0 Å². The number of fused-ring (bicyclic) bond motifs is 4. The fraction of sp³-hybridized carbons (Fsp3) is 0.412. The maximum atomic E-state index is 13.6. The van der Waals surface area contributed by atoms with Crippen molar-refractivity contribution >= 4 is 80.1 Å². The van der Waals surface area contributed by atoms with Crippen molar-refractivity contribution in [2.45, 2.75) is 56.5 Å². The number of ether oxygens (including phenoxy) is 6. The SMILES string of the molecule is COCCN(C)C(=O)N1CCC(Oc2cc3c(Nc4ccc(F)c(Cl)c4)ncnc3cc2OC)CC1.COc1cc2ncnc(Nc3ccc(F)c(Cl)c3)c2cc1OC1CCN(C(=O)N2C[C@@H]3C[C@H]2CO3)CC1. The van der Waals surface area contributed by atoms with E-state index < -0.39 is 11.6 Å². The lowest BCUT2D eigenvalue weighted by Crippen LogP contribution is -2.51. The zero-order valence-corrected chi connectivity index (χ0v) is 42.3. The maximum absolute atomic E-state index is 13.6. The Morgan fingerprint density at radius 3 is 1.66 bits per heavy atom. The van der Waals surface area contributed by atoms with Crippen molar-refractivity contribution in [2.75, 3.05) is 91.5 Å². The minimum atomic E-state index is -0.496. The van der Waals surface area contributed by atoms with Crippen molar-refractivity contribution in [2.24, 2.45) is 0 Å². The molecular weight excluding hydrogens is 990 g/mol. The number of halogens is 4. The largest absolute Gasteiger partial charge is 0.493 e. The summed E-state index contributed by atoms with van der Waals surface area (Å²) in [6.45, 7) is 4.84. The van der Waals surface area contributed by atoms with Gasteiger partial charge in [0.1, 0.15) is 48.1 Å². The van der Waals surface area contributed by atoms with Gasteiger partial charge in [0.25, 0.3) is 0 Å². The predicted octanol–water partition coefficient (Wildman–Crippen LogP) is 9.33. The lowest BCUT2D eigenvalue weighted by Gasteiger charge is -2.37. The van der Waals surface area contributed by atoms with Crippen LogP contribution in [0.1, 0.15) is 32.1 Å². The van der Waals surface area contributed by atoms with Gasteiger partial charge in [0, 0.05) is 113 Å². The van der Waals surface area contributed by atoms with Crippen LogP contribution in [-0.4, -0.2) is 157 Å². The number of carbonyl (C=O) groups excluding carboxylic acids is 2. The highest BCUT2D eigenvalue weighted by atomic mass is 35.5. The number of hydrogen-bond acceptors (Lipinski definition) is 14. The molecule has 4 fully saturated rings. The topological polar surface area (TPSA) is 178 Å². The molecule has 6 aromatic rings. The molecule has 4 aliphatic rings. The molecular formula is C51H56Cl2F2N10O8. The van der Waals surface area contributed by atoms with Crippen LogP contribution in [0, 0.1) is 11.6 Å². The van der Waals surface area contributed by atoms with Gasteiger partial charge in [0.05, 0.1) is 60.7 Å². The van der Waals surface area contributed by atoms with E-state index in [0.717, 1.165) is 24.6 Å². The molecule has 22 heteroatoms. The lowest BCUT2D eigenvalue weighted by molar-refractivity contribution is 0.0304. The van der Waals surface area contributed by atoms with E-state index in [1.807, 2.05) is 26.8 Å². The summed E-state index contributed by atoms with van der Waals surface area (Å²) in [6.07, 6.45) is 6.69. The number of carbonyl (C=O) groups is 2. The third-order valence-corrected chi connectivity index (χ3v) is 13.9. The van der Waals surface area contributed by atoms with Crippen LogP contribution in [0.25, 0.3) is 21.8 Å².